The fourth-order valence-electron chi connectivity index (χ4n) is 1.33. The van der Waals surface area contributed by atoms with Crippen LogP contribution in [0.5, 0.6) is 0 Å². The molecule has 2 nitrogen and oxygen atoms in total. The fraction of sp³-hybridized carbons (Fsp3) is 0.417. The lowest BCUT2D eigenvalue weighted by atomic mass is 10.1. The quantitative estimate of drug-likeness (QED) is 0.747. The first-order chi connectivity index (χ1) is 7.74. The zero-order chi connectivity index (χ0) is 11.8. The van der Waals surface area contributed by atoms with Crippen molar-refractivity contribution in [3.63, 3.8) is 0 Å². The number of carbonyl (C=O) groups is 1. The van der Waals surface area contributed by atoms with Gasteiger partial charge in [0.25, 0.3) is 0 Å². The van der Waals surface area contributed by atoms with Gasteiger partial charge in [-0.15, -0.1) is 11.8 Å². The van der Waals surface area contributed by atoms with E-state index < -0.39 is 11.2 Å². The van der Waals surface area contributed by atoms with Gasteiger partial charge in [-0.25, -0.2) is 0 Å². The van der Waals surface area contributed by atoms with E-state index in [1.165, 1.54) is 11.8 Å². The summed E-state index contributed by atoms with van der Waals surface area (Å²) < 4.78 is 11.9. The molecule has 1 atom stereocenters. The number of hydrogen-bond acceptors (Lipinski definition) is 2. The molecule has 0 aliphatic rings. The molecule has 0 aliphatic heterocycles. The van der Waals surface area contributed by atoms with Gasteiger partial charge in [0.05, 0.1) is 6.67 Å². The number of rotatable bonds is 7. The van der Waals surface area contributed by atoms with E-state index in [1.807, 2.05) is 30.3 Å². The molecule has 1 aromatic carbocycles. The maximum absolute atomic E-state index is 11.9. The second kappa shape index (κ2) is 7.28. The predicted octanol–water partition coefficient (Wildman–Crippen LogP) is 2.78. The van der Waals surface area contributed by atoms with Crippen molar-refractivity contribution in [1.82, 2.24) is 0 Å². The van der Waals surface area contributed by atoms with Crippen LogP contribution in [0.2, 0.25) is 0 Å². The Labute approximate surface area is 98.9 Å². The highest BCUT2D eigenvalue weighted by molar-refractivity contribution is 8.00. The lowest BCUT2D eigenvalue weighted by molar-refractivity contribution is -0.136. The highest BCUT2D eigenvalue weighted by Crippen LogP contribution is 2.17. The van der Waals surface area contributed by atoms with Crippen LogP contribution in [0, 0.1) is 0 Å². The first kappa shape index (κ1) is 13.0. The molecule has 4 heteroatoms. The molecule has 0 aliphatic carbocycles. The number of hydrogen-bond donors (Lipinski definition) is 1. The average Bonchev–Trinajstić information content (AvgIpc) is 2.29. The number of aliphatic carboxylic acids is 1. The number of benzene rings is 1. The molecule has 1 unspecified atom stereocenters. The molecule has 1 rings (SSSR count). The molecule has 0 amide bonds. The van der Waals surface area contributed by atoms with Crippen LogP contribution in [0.4, 0.5) is 4.39 Å². The standard InChI is InChI=1S/C12H15FO2S/c13-7-4-8-16-11(12(14)15)9-10-5-2-1-3-6-10/h1-3,5-6,11H,4,7-9H2,(H,14,15). The monoisotopic (exact) mass is 242 g/mol. The first-order valence-corrected chi connectivity index (χ1v) is 6.23. The van der Waals surface area contributed by atoms with Crippen molar-refractivity contribution in [1.29, 1.82) is 0 Å². The Kier molecular flexibility index (Phi) is 5.93. The van der Waals surface area contributed by atoms with Crippen molar-refractivity contribution >= 4 is 17.7 Å². The topological polar surface area (TPSA) is 37.3 Å². The fourth-order valence-corrected chi connectivity index (χ4v) is 2.34. The molecule has 0 heterocycles. The summed E-state index contributed by atoms with van der Waals surface area (Å²) in [6, 6.07) is 9.49. The lowest BCUT2D eigenvalue weighted by Gasteiger charge is -2.11. The van der Waals surface area contributed by atoms with Gasteiger partial charge in [0.15, 0.2) is 0 Å². The van der Waals surface area contributed by atoms with Gasteiger partial charge in [0, 0.05) is 0 Å². The molecule has 0 saturated carbocycles. The molecule has 16 heavy (non-hydrogen) atoms. The van der Waals surface area contributed by atoms with Crippen molar-refractivity contribution in [2.45, 2.75) is 18.1 Å². The van der Waals surface area contributed by atoms with E-state index in [0.717, 1.165) is 5.56 Å². The van der Waals surface area contributed by atoms with Gasteiger partial charge < -0.3 is 5.11 Å². The SMILES string of the molecule is O=C(O)C(Cc1ccccc1)SCCCF. The minimum absolute atomic E-state index is 0.384. The van der Waals surface area contributed by atoms with Crippen LogP contribution < -0.4 is 0 Å². The summed E-state index contributed by atoms with van der Waals surface area (Å²) in [5, 5.41) is 8.54. The van der Waals surface area contributed by atoms with Gasteiger partial charge in [-0.2, -0.15) is 0 Å². The Hall–Kier alpha value is -1.03. The van der Waals surface area contributed by atoms with E-state index >= 15 is 0 Å². The summed E-state index contributed by atoms with van der Waals surface area (Å²) in [5.41, 5.74) is 1.00. The predicted molar refractivity (Wildman–Crippen MR) is 64.6 cm³/mol. The Morgan fingerprint density at radius 3 is 2.62 bits per heavy atom. The smallest absolute Gasteiger partial charge is 0.316 e. The number of halogens is 1. The van der Waals surface area contributed by atoms with Gasteiger partial charge in [0.2, 0.25) is 0 Å². The molecule has 0 saturated heterocycles. The third kappa shape index (κ3) is 4.66. The highest BCUT2D eigenvalue weighted by Gasteiger charge is 2.17. The van der Waals surface area contributed by atoms with Crippen molar-refractivity contribution in [2.24, 2.45) is 0 Å². The van der Waals surface area contributed by atoms with Crippen LogP contribution in [0.3, 0.4) is 0 Å². The van der Waals surface area contributed by atoms with Gasteiger partial charge in [-0.05, 0) is 24.2 Å². The van der Waals surface area contributed by atoms with Crippen LogP contribution in [-0.4, -0.2) is 28.8 Å². The number of thioether (sulfide) groups is 1. The zero-order valence-electron chi connectivity index (χ0n) is 8.93. The zero-order valence-corrected chi connectivity index (χ0v) is 9.75. The summed E-state index contributed by atoms with van der Waals surface area (Å²) in [4.78, 5) is 11.0. The minimum atomic E-state index is -0.826. The Bertz CT molecular complexity index is 316. The van der Waals surface area contributed by atoms with Crippen molar-refractivity contribution in [3.05, 3.63) is 35.9 Å². The van der Waals surface area contributed by atoms with Gasteiger partial charge >= 0.3 is 5.97 Å². The minimum Gasteiger partial charge on any atom is -0.480 e. The van der Waals surface area contributed by atoms with E-state index in [9.17, 15) is 9.18 Å². The maximum Gasteiger partial charge on any atom is 0.316 e. The molecule has 1 N–H and O–H groups in total. The molecule has 0 aromatic heterocycles. The second-order valence-electron chi connectivity index (χ2n) is 3.43. The summed E-state index contributed by atoms with van der Waals surface area (Å²) in [6.07, 6.45) is 0.913. The van der Waals surface area contributed by atoms with Gasteiger partial charge in [0.1, 0.15) is 5.25 Å². The lowest BCUT2D eigenvalue weighted by Crippen LogP contribution is -2.19. The van der Waals surface area contributed by atoms with Crippen LogP contribution in [0.25, 0.3) is 0 Å². The van der Waals surface area contributed by atoms with E-state index in [2.05, 4.69) is 0 Å². The van der Waals surface area contributed by atoms with Crippen LogP contribution in [0.15, 0.2) is 30.3 Å². The normalized spacial score (nSPS) is 12.3. The molecule has 0 bridgehead atoms. The van der Waals surface area contributed by atoms with E-state index in [4.69, 9.17) is 5.11 Å². The Morgan fingerprint density at radius 2 is 2.06 bits per heavy atom. The Balaban J connectivity index is 2.48. The Morgan fingerprint density at radius 1 is 1.38 bits per heavy atom. The largest absolute Gasteiger partial charge is 0.480 e. The highest BCUT2D eigenvalue weighted by atomic mass is 32.2. The molecule has 0 radical (unpaired) electrons. The average molecular weight is 242 g/mol. The molecule has 0 fully saturated rings. The number of alkyl halides is 1. The summed E-state index contributed by atoms with van der Waals surface area (Å²) in [6.45, 7) is -0.384. The van der Waals surface area contributed by atoms with Gasteiger partial charge in [-0.3, -0.25) is 9.18 Å². The third-order valence-corrected chi connectivity index (χ3v) is 3.43. The summed E-state index contributed by atoms with van der Waals surface area (Å²) >= 11 is 1.31. The van der Waals surface area contributed by atoms with Crippen molar-refractivity contribution < 1.29 is 14.3 Å². The van der Waals surface area contributed by atoms with E-state index in [1.54, 1.807) is 0 Å². The first-order valence-electron chi connectivity index (χ1n) is 5.18. The molecular weight excluding hydrogens is 227 g/mol. The molecule has 0 spiro atoms. The number of carboxylic acids is 1. The summed E-state index contributed by atoms with van der Waals surface area (Å²) in [5.74, 6) is -0.270. The summed E-state index contributed by atoms with van der Waals surface area (Å²) in [7, 11) is 0. The second-order valence-corrected chi connectivity index (χ2v) is 4.74. The molecular formula is C12H15FO2S. The third-order valence-electron chi connectivity index (χ3n) is 2.14. The van der Waals surface area contributed by atoms with Crippen LogP contribution >= 0.6 is 11.8 Å². The molecule has 88 valence electrons. The molecule has 1 aromatic rings. The maximum atomic E-state index is 11.9. The van der Waals surface area contributed by atoms with E-state index in [-0.39, 0.29) is 6.67 Å². The van der Waals surface area contributed by atoms with Crippen LogP contribution in [-0.2, 0) is 11.2 Å². The van der Waals surface area contributed by atoms with Crippen LogP contribution in [0.1, 0.15) is 12.0 Å². The van der Waals surface area contributed by atoms with Gasteiger partial charge in [-0.1, -0.05) is 30.3 Å². The van der Waals surface area contributed by atoms with Crippen molar-refractivity contribution in [2.75, 3.05) is 12.4 Å². The number of carboxylic acid groups (broad SMARTS) is 1. The van der Waals surface area contributed by atoms with E-state index in [0.29, 0.717) is 18.6 Å². The van der Waals surface area contributed by atoms with Crippen molar-refractivity contribution in [3.8, 4) is 0 Å².